The number of benzene rings is 2. The highest BCUT2D eigenvalue weighted by Crippen LogP contribution is 2.42. The molecule has 0 spiro atoms. The van der Waals surface area contributed by atoms with Crippen LogP contribution in [0.15, 0.2) is 70.9 Å². The SMILES string of the molecule is COc1ccc([C@@H]2/C(=C(\O)c3ccc(Cl)cc3)C(=O)C(=O)N2Cc2ccco2)cc1OC. The molecule has 1 aromatic heterocycles. The summed E-state index contributed by atoms with van der Waals surface area (Å²) in [6, 6.07) is 14.0. The third-order valence-corrected chi connectivity index (χ3v) is 5.54. The maximum absolute atomic E-state index is 13.1. The first-order valence-electron chi connectivity index (χ1n) is 9.73. The summed E-state index contributed by atoms with van der Waals surface area (Å²) in [6.07, 6.45) is 1.49. The maximum atomic E-state index is 13.1. The van der Waals surface area contributed by atoms with Gasteiger partial charge in [-0.1, -0.05) is 17.7 Å². The van der Waals surface area contributed by atoms with Crippen molar-refractivity contribution in [3.05, 3.63) is 88.3 Å². The summed E-state index contributed by atoms with van der Waals surface area (Å²) >= 11 is 5.95. The summed E-state index contributed by atoms with van der Waals surface area (Å²) in [5.41, 5.74) is 0.913. The van der Waals surface area contributed by atoms with E-state index in [1.807, 2.05) is 0 Å². The van der Waals surface area contributed by atoms with Crippen LogP contribution in [0.4, 0.5) is 0 Å². The molecule has 1 aliphatic heterocycles. The molecule has 7 nitrogen and oxygen atoms in total. The van der Waals surface area contributed by atoms with Crippen LogP contribution in [0.1, 0.15) is 22.9 Å². The normalized spacial score (nSPS) is 17.6. The van der Waals surface area contributed by atoms with Gasteiger partial charge in [0.05, 0.1) is 38.6 Å². The number of halogens is 1. The fraction of sp³-hybridized carbons (Fsp3) is 0.167. The number of furan rings is 1. The molecule has 32 heavy (non-hydrogen) atoms. The largest absolute Gasteiger partial charge is 0.507 e. The molecular formula is C24H20ClNO6. The Balaban J connectivity index is 1.89. The second-order valence-electron chi connectivity index (χ2n) is 7.13. The molecule has 4 rings (SSSR count). The number of rotatable bonds is 6. The van der Waals surface area contributed by atoms with Gasteiger partial charge in [-0.15, -0.1) is 0 Å². The van der Waals surface area contributed by atoms with E-state index in [0.29, 0.717) is 33.4 Å². The van der Waals surface area contributed by atoms with Crippen LogP contribution < -0.4 is 9.47 Å². The summed E-state index contributed by atoms with van der Waals surface area (Å²) in [5.74, 6) is -0.386. The third kappa shape index (κ3) is 3.83. The topological polar surface area (TPSA) is 89.2 Å². The van der Waals surface area contributed by atoms with Crippen molar-refractivity contribution >= 4 is 29.1 Å². The second kappa shape index (κ2) is 8.80. The first-order valence-corrected chi connectivity index (χ1v) is 10.1. The van der Waals surface area contributed by atoms with E-state index in [1.165, 1.54) is 25.4 Å². The zero-order valence-corrected chi connectivity index (χ0v) is 18.1. The molecule has 0 aliphatic carbocycles. The van der Waals surface area contributed by atoms with Crippen LogP contribution in [0.2, 0.25) is 5.02 Å². The van der Waals surface area contributed by atoms with Gasteiger partial charge in [0, 0.05) is 10.6 Å². The van der Waals surface area contributed by atoms with Gasteiger partial charge in [0.2, 0.25) is 0 Å². The average Bonchev–Trinajstić information content (AvgIpc) is 3.41. The number of Topliss-reactive ketones (excluding diaryl/α,β-unsaturated/α-hetero) is 1. The standard InChI is InChI=1S/C24H20ClNO6/c1-30-18-10-7-15(12-19(18)31-2)21-20(22(27)14-5-8-16(25)9-6-14)23(28)24(29)26(21)13-17-4-3-11-32-17/h3-12,21,27H,13H2,1-2H3/b22-20+/t21-/m1/s1. The van der Waals surface area contributed by atoms with E-state index < -0.39 is 17.7 Å². The summed E-state index contributed by atoms with van der Waals surface area (Å²) < 4.78 is 16.1. The summed E-state index contributed by atoms with van der Waals surface area (Å²) in [5, 5.41) is 11.5. The second-order valence-corrected chi connectivity index (χ2v) is 7.56. The summed E-state index contributed by atoms with van der Waals surface area (Å²) in [7, 11) is 3.01. The van der Waals surface area contributed by atoms with Crippen molar-refractivity contribution in [2.45, 2.75) is 12.6 Å². The number of aliphatic hydroxyl groups is 1. The average molecular weight is 454 g/mol. The Morgan fingerprint density at radius 3 is 2.41 bits per heavy atom. The number of nitrogens with zero attached hydrogens (tertiary/aromatic N) is 1. The van der Waals surface area contributed by atoms with Gasteiger partial charge in [0.15, 0.2) is 11.5 Å². The monoisotopic (exact) mass is 453 g/mol. The Bertz CT molecular complexity index is 1180. The molecule has 1 N–H and O–H groups in total. The van der Waals surface area contributed by atoms with Crippen LogP contribution in [0.5, 0.6) is 11.5 Å². The number of ether oxygens (including phenoxy) is 2. The van der Waals surface area contributed by atoms with Crippen molar-refractivity contribution in [3.8, 4) is 11.5 Å². The molecule has 0 bridgehead atoms. The fourth-order valence-electron chi connectivity index (χ4n) is 3.75. The maximum Gasteiger partial charge on any atom is 0.296 e. The molecule has 164 valence electrons. The van der Waals surface area contributed by atoms with Crippen LogP contribution in [0.25, 0.3) is 5.76 Å². The van der Waals surface area contributed by atoms with E-state index >= 15 is 0 Å². The lowest BCUT2D eigenvalue weighted by Crippen LogP contribution is -2.29. The fourth-order valence-corrected chi connectivity index (χ4v) is 3.87. The van der Waals surface area contributed by atoms with E-state index in [0.717, 1.165) is 0 Å². The number of hydrogen-bond acceptors (Lipinski definition) is 6. The Morgan fingerprint density at radius 2 is 1.78 bits per heavy atom. The van der Waals surface area contributed by atoms with Crippen molar-refractivity contribution in [3.63, 3.8) is 0 Å². The van der Waals surface area contributed by atoms with Crippen molar-refractivity contribution in [2.24, 2.45) is 0 Å². The van der Waals surface area contributed by atoms with E-state index in [2.05, 4.69) is 0 Å². The molecule has 1 fully saturated rings. The third-order valence-electron chi connectivity index (χ3n) is 5.29. The predicted octanol–water partition coefficient (Wildman–Crippen LogP) is 4.57. The number of aliphatic hydroxyl groups excluding tert-OH is 1. The van der Waals surface area contributed by atoms with Crippen molar-refractivity contribution < 1.29 is 28.6 Å². The Morgan fingerprint density at radius 1 is 1.06 bits per heavy atom. The van der Waals surface area contributed by atoms with Gasteiger partial charge in [-0.05, 0) is 54.1 Å². The smallest absolute Gasteiger partial charge is 0.296 e. The molecule has 2 aromatic carbocycles. The molecule has 1 amide bonds. The highest BCUT2D eigenvalue weighted by Gasteiger charge is 2.46. The van der Waals surface area contributed by atoms with Crippen LogP contribution in [-0.4, -0.2) is 35.9 Å². The van der Waals surface area contributed by atoms with Crippen molar-refractivity contribution in [1.29, 1.82) is 0 Å². The van der Waals surface area contributed by atoms with Crippen molar-refractivity contribution in [2.75, 3.05) is 14.2 Å². The minimum atomic E-state index is -0.865. The number of carbonyl (C=O) groups is 2. The molecule has 2 heterocycles. The number of ketones is 1. The van der Waals surface area contributed by atoms with Gasteiger partial charge < -0.3 is 23.9 Å². The van der Waals surface area contributed by atoms with E-state index in [9.17, 15) is 14.7 Å². The molecular weight excluding hydrogens is 434 g/mol. The Kier molecular flexibility index (Phi) is 5.92. The quantitative estimate of drug-likeness (QED) is 0.334. The highest BCUT2D eigenvalue weighted by molar-refractivity contribution is 6.46. The molecule has 0 unspecified atom stereocenters. The molecule has 1 saturated heterocycles. The minimum absolute atomic E-state index is 0.0314. The molecule has 0 radical (unpaired) electrons. The van der Waals surface area contributed by atoms with Crippen LogP contribution >= 0.6 is 11.6 Å². The Labute approximate surface area is 189 Å². The first-order chi connectivity index (χ1) is 15.4. The van der Waals surface area contributed by atoms with Gasteiger partial charge in [0.1, 0.15) is 11.5 Å². The number of amides is 1. The van der Waals surface area contributed by atoms with Gasteiger partial charge >= 0.3 is 0 Å². The lowest BCUT2D eigenvalue weighted by molar-refractivity contribution is -0.140. The highest BCUT2D eigenvalue weighted by atomic mass is 35.5. The van der Waals surface area contributed by atoms with Gasteiger partial charge in [-0.25, -0.2) is 0 Å². The van der Waals surface area contributed by atoms with Crippen LogP contribution in [-0.2, 0) is 16.1 Å². The van der Waals surface area contributed by atoms with Gasteiger partial charge in [-0.2, -0.15) is 0 Å². The number of likely N-dealkylation sites (tertiary alicyclic amines) is 1. The molecule has 3 aromatic rings. The zero-order valence-electron chi connectivity index (χ0n) is 17.4. The van der Waals surface area contributed by atoms with Crippen LogP contribution in [0, 0.1) is 0 Å². The van der Waals surface area contributed by atoms with Gasteiger partial charge in [0.25, 0.3) is 11.7 Å². The Hall–Kier alpha value is -3.71. The van der Waals surface area contributed by atoms with Gasteiger partial charge in [-0.3, -0.25) is 9.59 Å². The van der Waals surface area contributed by atoms with E-state index in [-0.39, 0.29) is 17.9 Å². The summed E-state index contributed by atoms with van der Waals surface area (Å²) in [4.78, 5) is 27.4. The predicted molar refractivity (Wildman–Crippen MR) is 118 cm³/mol. The lowest BCUT2D eigenvalue weighted by Gasteiger charge is -2.25. The minimum Gasteiger partial charge on any atom is -0.507 e. The first kappa shape index (κ1) is 21.5. The molecule has 1 aliphatic rings. The number of methoxy groups -OCH3 is 2. The lowest BCUT2D eigenvalue weighted by atomic mass is 9.95. The van der Waals surface area contributed by atoms with E-state index in [1.54, 1.807) is 54.6 Å². The molecule has 0 saturated carbocycles. The molecule has 8 heteroatoms. The summed E-state index contributed by atoms with van der Waals surface area (Å²) in [6.45, 7) is 0.0496. The van der Waals surface area contributed by atoms with E-state index in [4.69, 9.17) is 25.5 Å². The van der Waals surface area contributed by atoms with Crippen molar-refractivity contribution in [1.82, 2.24) is 4.90 Å². The number of hydrogen-bond donors (Lipinski definition) is 1. The molecule has 1 atom stereocenters. The number of carbonyl (C=O) groups excluding carboxylic acids is 2. The zero-order chi connectivity index (χ0) is 22.8. The van der Waals surface area contributed by atoms with Crippen LogP contribution in [0.3, 0.4) is 0 Å².